The van der Waals surface area contributed by atoms with Gasteiger partial charge in [-0.25, -0.2) is 0 Å². The standard InChI is InChI=1S/C16H19ClN2O/c1-13-6-7-14(20-13)12-18-8-10-19(11-9-18)16-5-3-2-4-15(16)17/h2-7H,8-12H2,1H3. The van der Waals surface area contributed by atoms with E-state index in [1.807, 2.05) is 31.2 Å². The van der Waals surface area contributed by atoms with Gasteiger partial charge >= 0.3 is 0 Å². The number of piperazine rings is 1. The van der Waals surface area contributed by atoms with Crippen LogP contribution in [-0.4, -0.2) is 31.1 Å². The summed E-state index contributed by atoms with van der Waals surface area (Å²) in [5.74, 6) is 2.03. The van der Waals surface area contributed by atoms with Crippen LogP contribution in [0.25, 0.3) is 0 Å². The summed E-state index contributed by atoms with van der Waals surface area (Å²) in [5, 5.41) is 0.836. The molecule has 1 aromatic heterocycles. The monoisotopic (exact) mass is 290 g/mol. The normalized spacial score (nSPS) is 16.6. The summed E-state index contributed by atoms with van der Waals surface area (Å²) in [6, 6.07) is 12.1. The van der Waals surface area contributed by atoms with Crippen molar-refractivity contribution in [3.05, 3.63) is 52.9 Å². The molecule has 0 bridgehead atoms. The van der Waals surface area contributed by atoms with Gasteiger partial charge in [0.05, 0.1) is 17.3 Å². The van der Waals surface area contributed by atoms with Crippen LogP contribution < -0.4 is 4.90 Å². The highest BCUT2D eigenvalue weighted by Crippen LogP contribution is 2.26. The predicted octanol–water partition coefficient (Wildman–Crippen LogP) is 3.56. The van der Waals surface area contributed by atoms with Gasteiger partial charge in [0.25, 0.3) is 0 Å². The first-order chi connectivity index (χ1) is 9.72. The highest BCUT2D eigenvalue weighted by atomic mass is 35.5. The number of furan rings is 1. The van der Waals surface area contributed by atoms with E-state index in [1.165, 1.54) is 0 Å². The molecule has 1 aliphatic rings. The van der Waals surface area contributed by atoms with Crippen molar-refractivity contribution >= 4 is 17.3 Å². The topological polar surface area (TPSA) is 19.6 Å². The van der Waals surface area contributed by atoms with E-state index in [0.717, 1.165) is 55.0 Å². The molecule has 0 aliphatic carbocycles. The van der Waals surface area contributed by atoms with Crippen LogP contribution in [-0.2, 0) is 6.54 Å². The van der Waals surface area contributed by atoms with Crippen LogP contribution in [0.5, 0.6) is 0 Å². The first-order valence-corrected chi connectivity index (χ1v) is 7.37. The average molecular weight is 291 g/mol. The van der Waals surface area contributed by atoms with Gasteiger partial charge in [-0.2, -0.15) is 0 Å². The Hall–Kier alpha value is -1.45. The number of hydrogen-bond donors (Lipinski definition) is 0. The van der Waals surface area contributed by atoms with E-state index in [-0.39, 0.29) is 0 Å². The number of aryl methyl sites for hydroxylation is 1. The zero-order chi connectivity index (χ0) is 13.9. The quantitative estimate of drug-likeness (QED) is 0.862. The van der Waals surface area contributed by atoms with E-state index < -0.39 is 0 Å². The van der Waals surface area contributed by atoms with Crippen LogP contribution in [0.2, 0.25) is 5.02 Å². The lowest BCUT2D eigenvalue weighted by molar-refractivity contribution is 0.229. The minimum Gasteiger partial charge on any atom is -0.465 e. The molecule has 0 saturated carbocycles. The second kappa shape index (κ2) is 5.90. The molecule has 4 heteroatoms. The lowest BCUT2D eigenvalue weighted by Gasteiger charge is -2.36. The molecule has 0 atom stereocenters. The number of halogens is 1. The van der Waals surface area contributed by atoms with Crippen LogP contribution in [0.3, 0.4) is 0 Å². The summed E-state index contributed by atoms with van der Waals surface area (Å²) in [7, 11) is 0. The Morgan fingerprint density at radius 1 is 1.05 bits per heavy atom. The summed E-state index contributed by atoms with van der Waals surface area (Å²) < 4.78 is 5.64. The number of hydrogen-bond acceptors (Lipinski definition) is 3. The van der Waals surface area contributed by atoms with Gasteiger partial charge in [0.15, 0.2) is 0 Å². The van der Waals surface area contributed by atoms with Gasteiger partial charge in [0.1, 0.15) is 11.5 Å². The highest BCUT2D eigenvalue weighted by Gasteiger charge is 2.19. The van der Waals surface area contributed by atoms with Gasteiger partial charge in [0, 0.05) is 26.2 Å². The molecule has 0 N–H and O–H groups in total. The van der Waals surface area contributed by atoms with Gasteiger partial charge < -0.3 is 9.32 Å². The fraction of sp³-hybridized carbons (Fsp3) is 0.375. The minimum atomic E-state index is 0.836. The maximum atomic E-state index is 6.26. The van der Waals surface area contributed by atoms with Crippen molar-refractivity contribution in [3.8, 4) is 0 Å². The molecule has 20 heavy (non-hydrogen) atoms. The van der Waals surface area contributed by atoms with Gasteiger partial charge in [-0.1, -0.05) is 23.7 Å². The number of nitrogens with zero attached hydrogens (tertiary/aromatic N) is 2. The Morgan fingerprint density at radius 2 is 1.80 bits per heavy atom. The van der Waals surface area contributed by atoms with Gasteiger partial charge in [-0.15, -0.1) is 0 Å². The summed E-state index contributed by atoms with van der Waals surface area (Å²) in [6.45, 7) is 6.95. The lowest BCUT2D eigenvalue weighted by Crippen LogP contribution is -2.46. The fourth-order valence-electron chi connectivity index (χ4n) is 2.65. The largest absolute Gasteiger partial charge is 0.465 e. The van der Waals surface area contributed by atoms with Gasteiger partial charge in [0.2, 0.25) is 0 Å². The molecule has 1 fully saturated rings. The third-order valence-corrected chi connectivity index (χ3v) is 4.06. The number of para-hydroxylation sites is 1. The molecular formula is C16H19ClN2O. The minimum absolute atomic E-state index is 0.836. The molecule has 106 valence electrons. The molecule has 1 aromatic carbocycles. The average Bonchev–Trinajstić information content (AvgIpc) is 2.86. The Labute approximate surface area is 124 Å². The fourth-order valence-corrected chi connectivity index (χ4v) is 2.90. The molecule has 3 nitrogen and oxygen atoms in total. The number of rotatable bonds is 3. The summed E-state index contributed by atoms with van der Waals surface area (Å²) in [4.78, 5) is 4.78. The van der Waals surface area contributed by atoms with Crippen molar-refractivity contribution in [1.29, 1.82) is 0 Å². The first-order valence-electron chi connectivity index (χ1n) is 6.99. The molecule has 0 unspecified atom stereocenters. The third kappa shape index (κ3) is 3.00. The van der Waals surface area contributed by atoms with Crippen LogP contribution >= 0.6 is 11.6 Å². The Bertz CT molecular complexity index is 573. The summed E-state index contributed by atoms with van der Waals surface area (Å²) in [5.41, 5.74) is 1.14. The second-order valence-electron chi connectivity index (χ2n) is 5.23. The molecule has 1 aliphatic heterocycles. The predicted molar refractivity (Wildman–Crippen MR) is 82.4 cm³/mol. The number of anilines is 1. The van der Waals surface area contributed by atoms with Crippen molar-refractivity contribution in [2.24, 2.45) is 0 Å². The van der Waals surface area contributed by atoms with E-state index in [1.54, 1.807) is 0 Å². The molecule has 2 heterocycles. The first kappa shape index (κ1) is 13.5. The molecule has 1 saturated heterocycles. The van der Waals surface area contributed by atoms with E-state index in [2.05, 4.69) is 21.9 Å². The van der Waals surface area contributed by atoms with E-state index in [0.29, 0.717) is 0 Å². The Kier molecular flexibility index (Phi) is 3.99. The Balaban J connectivity index is 1.58. The molecule has 0 spiro atoms. The van der Waals surface area contributed by atoms with E-state index in [9.17, 15) is 0 Å². The van der Waals surface area contributed by atoms with Crippen molar-refractivity contribution in [2.45, 2.75) is 13.5 Å². The summed E-state index contributed by atoms with van der Waals surface area (Å²) in [6.07, 6.45) is 0. The van der Waals surface area contributed by atoms with Crippen LogP contribution in [0.15, 0.2) is 40.8 Å². The van der Waals surface area contributed by atoms with Crippen LogP contribution in [0.4, 0.5) is 5.69 Å². The van der Waals surface area contributed by atoms with Crippen molar-refractivity contribution in [2.75, 3.05) is 31.1 Å². The lowest BCUT2D eigenvalue weighted by atomic mass is 10.2. The van der Waals surface area contributed by atoms with Gasteiger partial charge in [-0.3, -0.25) is 4.90 Å². The second-order valence-corrected chi connectivity index (χ2v) is 5.63. The molecule has 0 radical (unpaired) electrons. The SMILES string of the molecule is Cc1ccc(CN2CCN(c3ccccc3Cl)CC2)o1. The zero-order valence-electron chi connectivity index (χ0n) is 11.7. The van der Waals surface area contributed by atoms with Crippen molar-refractivity contribution in [1.82, 2.24) is 4.90 Å². The number of benzene rings is 1. The summed E-state index contributed by atoms with van der Waals surface area (Å²) >= 11 is 6.26. The highest BCUT2D eigenvalue weighted by molar-refractivity contribution is 6.33. The van der Waals surface area contributed by atoms with E-state index >= 15 is 0 Å². The maximum Gasteiger partial charge on any atom is 0.118 e. The molecule has 2 aromatic rings. The maximum absolute atomic E-state index is 6.26. The van der Waals surface area contributed by atoms with Crippen LogP contribution in [0.1, 0.15) is 11.5 Å². The molecular weight excluding hydrogens is 272 g/mol. The molecule has 3 rings (SSSR count). The van der Waals surface area contributed by atoms with Crippen molar-refractivity contribution in [3.63, 3.8) is 0 Å². The Morgan fingerprint density at radius 3 is 2.45 bits per heavy atom. The molecule has 0 amide bonds. The third-order valence-electron chi connectivity index (χ3n) is 3.74. The van der Waals surface area contributed by atoms with Crippen molar-refractivity contribution < 1.29 is 4.42 Å². The van der Waals surface area contributed by atoms with E-state index in [4.69, 9.17) is 16.0 Å². The zero-order valence-corrected chi connectivity index (χ0v) is 12.4. The van der Waals surface area contributed by atoms with Gasteiger partial charge in [-0.05, 0) is 31.2 Å². The van der Waals surface area contributed by atoms with Crippen LogP contribution in [0, 0.1) is 6.92 Å². The smallest absolute Gasteiger partial charge is 0.118 e.